The van der Waals surface area contributed by atoms with Crippen molar-refractivity contribution in [3.63, 3.8) is 0 Å². The fraction of sp³-hybridized carbons (Fsp3) is 0.333. The van der Waals surface area contributed by atoms with Crippen LogP contribution in [-0.4, -0.2) is 56.1 Å². The van der Waals surface area contributed by atoms with E-state index in [0.29, 0.717) is 11.4 Å². The van der Waals surface area contributed by atoms with Crippen LogP contribution in [0.3, 0.4) is 0 Å². The quantitative estimate of drug-likeness (QED) is 0.585. The monoisotopic (exact) mass is 383 g/mol. The van der Waals surface area contributed by atoms with E-state index < -0.39 is 5.97 Å². The molecule has 0 spiro atoms. The fourth-order valence-electron chi connectivity index (χ4n) is 3.00. The molecule has 7 nitrogen and oxygen atoms in total. The van der Waals surface area contributed by atoms with E-state index in [1.165, 1.54) is 18.4 Å². The number of esters is 1. The number of nitrogens with one attached hydrogen (secondary N) is 1. The molecule has 1 aliphatic rings. The number of hydrogen-bond donors (Lipinski definition) is 1. The molecule has 0 bridgehead atoms. The van der Waals surface area contributed by atoms with Gasteiger partial charge in [-0.3, -0.25) is 4.79 Å². The first-order chi connectivity index (χ1) is 13.6. The number of carbonyl (C=O) groups is 2. The maximum Gasteiger partial charge on any atom is 0.331 e. The minimum Gasteiger partial charge on any atom is -0.465 e. The second-order valence-corrected chi connectivity index (χ2v) is 6.47. The molecule has 3 rings (SSSR count). The highest BCUT2D eigenvalue weighted by Gasteiger charge is 2.15. The summed E-state index contributed by atoms with van der Waals surface area (Å²) < 4.78 is 9.99. The Morgan fingerprint density at radius 3 is 2.54 bits per heavy atom. The van der Waals surface area contributed by atoms with Gasteiger partial charge in [-0.05, 0) is 49.0 Å². The Morgan fingerprint density at radius 1 is 1.14 bits per heavy atom. The Hall–Kier alpha value is -3.06. The molecule has 148 valence electrons. The molecule has 28 heavy (non-hydrogen) atoms. The highest BCUT2D eigenvalue weighted by molar-refractivity contribution is 5.94. The smallest absolute Gasteiger partial charge is 0.331 e. The predicted molar refractivity (Wildman–Crippen MR) is 108 cm³/mol. The van der Waals surface area contributed by atoms with Crippen molar-refractivity contribution < 1.29 is 18.7 Å². The van der Waals surface area contributed by atoms with Gasteiger partial charge >= 0.3 is 5.97 Å². The highest BCUT2D eigenvalue weighted by Crippen LogP contribution is 2.19. The lowest BCUT2D eigenvalue weighted by molar-refractivity contribution is -0.142. The summed E-state index contributed by atoms with van der Waals surface area (Å²) in [6.07, 6.45) is 4.22. The summed E-state index contributed by atoms with van der Waals surface area (Å²) in [6, 6.07) is 11.1. The Balaban J connectivity index is 1.42. The molecule has 1 N–H and O–H groups in total. The van der Waals surface area contributed by atoms with Crippen LogP contribution in [0.2, 0.25) is 0 Å². The lowest BCUT2D eigenvalue weighted by Crippen LogP contribution is -2.46. The number of likely N-dealkylation sites (N-methyl/N-ethyl adjacent to an activating group) is 1. The molecule has 1 aromatic carbocycles. The van der Waals surface area contributed by atoms with Crippen LogP contribution in [0.15, 0.2) is 53.2 Å². The van der Waals surface area contributed by atoms with E-state index >= 15 is 0 Å². The van der Waals surface area contributed by atoms with Crippen LogP contribution in [0.25, 0.3) is 6.08 Å². The summed E-state index contributed by atoms with van der Waals surface area (Å²) in [5.74, 6) is -0.449. The van der Waals surface area contributed by atoms with Gasteiger partial charge in [-0.15, -0.1) is 0 Å². The van der Waals surface area contributed by atoms with Gasteiger partial charge in [-0.2, -0.15) is 0 Å². The molecule has 2 heterocycles. The number of nitrogens with zero attached hydrogens (tertiary/aromatic N) is 2. The molecule has 0 atom stereocenters. The van der Waals surface area contributed by atoms with Gasteiger partial charge in [0.1, 0.15) is 5.76 Å². The average Bonchev–Trinajstić information content (AvgIpc) is 3.25. The average molecular weight is 383 g/mol. The van der Waals surface area contributed by atoms with Crippen molar-refractivity contribution in [2.75, 3.05) is 49.5 Å². The summed E-state index contributed by atoms with van der Waals surface area (Å²) in [5.41, 5.74) is 1.81. The number of benzene rings is 1. The summed E-state index contributed by atoms with van der Waals surface area (Å²) in [5, 5.41) is 2.73. The predicted octanol–water partition coefficient (Wildman–Crippen LogP) is 2.62. The first-order valence-corrected chi connectivity index (χ1v) is 9.39. The van der Waals surface area contributed by atoms with Crippen molar-refractivity contribution in [2.24, 2.45) is 0 Å². The lowest BCUT2D eigenvalue weighted by Gasteiger charge is -2.35. The van der Waals surface area contributed by atoms with Crippen molar-refractivity contribution in [3.05, 3.63) is 54.5 Å². The molecule has 0 aliphatic carbocycles. The minimum absolute atomic E-state index is 0.345. The van der Waals surface area contributed by atoms with Crippen molar-refractivity contribution in [1.82, 2.24) is 4.90 Å². The summed E-state index contributed by atoms with van der Waals surface area (Å²) in [7, 11) is 0. The van der Waals surface area contributed by atoms with E-state index in [0.717, 1.165) is 38.4 Å². The van der Waals surface area contributed by atoms with Gasteiger partial charge in [0.05, 0.1) is 6.26 Å². The van der Waals surface area contributed by atoms with Crippen molar-refractivity contribution >= 4 is 29.3 Å². The van der Waals surface area contributed by atoms with Crippen molar-refractivity contribution in [2.45, 2.75) is 6.92 Å². The number of anilines is 2. The molecule has 0 radical (unpaired) electrons. The molecule has 1 aliphatic heterocycles. The largest absolute Gasteiger partial charge is 0.465 e. The zero-order valence-corrected chi connectivity index (χ0v) is 16.0. The van der Waals surface area contributed by atoms with E-state index in [2.05, 4.69) is 22.0 Å². The number of hydrogen-bond acceptors (Lipinski definition) is 6. The van der Waals surface area contributed by atoms with Crippen LogP contribution in [0.4, 0.5) is 11.4 Å². The van der Waals surface area contributed by atoms with E-state index in [1.807, 2.05) is 24.3 Å². The Bertz CT molecular complexity index is 792. The van der Waals surface area contributed by atoms with E-state index in [9.17, 15) is 9.59 Å². The van der Waals surface area contributed by atoms with Gasteiger partial charge in [0.2, 0.25) is 0 Å². The maximum absolute atomic E-state index is 12.0. The number of piperazine rings is 1. The van der Waals surface area contributed by atoms with Gasteiger partial charge in [0.25, 0.3) is 5.91 Å². The molecule has 0 unspecified atom stereocenters. The number of carbonyl (C=O) groups excluding carboxylic acids is 2. The molecule has 7 heteroatoms. The number of amides is 1. The summed E-state index contributed by atoms with van der Waals surface area (Å²) in [6.45, 7) is 7.05. The van der Waals surface area contributed by atoms with E-state index in [1.54, 1.807) is 12.1 Å². The molecular weight excluding hydrogens is 358 g/mol. The third-order valence-corrected chi connectivity index (χ3v) is 4.61. The van der Waals surface area contributed by atoms with Gasteiger partial charge in [-0.1, -0.05) is 6.92 Å². The van der Waals surface area contributed by atoms with Gasteiger partial charge in [0, 0.05) is 43.6 Å². The number of rotatable bonds is 7. The Kier molecular flexibility index (Phi) is 6.86. The third kappa shape index (κ3) is 5.72. The van der Waals surface area contributed by atoms with Gasteiger partial charge < -0.3 is 24.3 Å². The first-order valence-electron chi connectivity index (χ1n) is 9.39. The van der Waals surface area contributed by atoms with Crippen LogP contribution in [0, 0.1) is 0 Å². The molecule has 2 aromatic rings. The van der Waals surface area contributed by atoms with Crippen LogP contribution in [-0.2, 0) is 14.3 Å². The maximum atomic E-state index is 12.0. The normalized spacial score (nSPS) is 15.0. The zero-order chi connectivity index (χ0) is 19.8. The van der Waals surface area contributed by atoms with Crippen LogP contribution >= 0.6 is 0 Å². The van der Waals surface area contributed by atoms with Crippen LogP contribution in [0.5, 0.6) is 0 Å². The Labute approximate surface area is 164 Å². The summed E-state index contributed by atoms with van der Waals surface area (Å²) >= 11 is 0. The second kappa shape index (κ2) is 9.75. The first kappa shape index (κ1) is 19.7. The van der Waals surface area contributed by atoms with Crippen LogP contribution < -0.4 is 10.2 Å². The van der Waals surface area contributed by atoms with Crippen molar-refractivity contribution in [1.29, 1.82) is 0 Å². The molecule has 1 amide bonds. The van der Waals surface area contributed by atoms with E-state index in [4.69, 9.17) is 9.15 Å². The van der Waals surface area contributed by atoms with Gasteiger partial charge in [-0.25, -0.2) is 4.79 Å². The topological polar surface area (TPSA) is 75.0 Å². The zero-order valence-electron chi connectivity index (χ0n) is 16.0. The van der Waals surface area contributed by atoms with Crippen LogP contribution in [0.1, 0.15) is 12.7 Å². The number of furan rings is 1. The summed E-state index contributed by atoms with van der Waals surface area (Å²) in [4.78, 5) is 28.3. The standard InChI is InChI=1S/C21H25N3O4/c1-2-23-11-13-24(14-12-23)18-7-5-17(6-8-18)22-20(25)16-28-21(26)10-9-19-4-3-15-27-19/h3-10,15H,2,11-14,16H2,1H3,(H,22,25)/b10-9+. The third-order valence-electron chi connectivity index (χ3n) is 4.61. The minimum atomic E-state index is -0.604. The fourth-order valence-corrected chi connectivity index (χ4v) is 3.00. The lowest BCUT2D eigenvalue weighted by atomic mass is 10.2. The SMILES string of the molecule is CCN1CCN(c2ccc(NC(=O)COC(=O)/C=C/c3ccco3)cc2)CC1. The van der Waals surface area contributed by atoms with Gasteiger partial charge in [0.15, 0.2) is 6.61 Å². The number of ether oxygens (including phenoxy) is 1. The molecule has 1 aromatic heterocycles. The van der Waals surface area contributed by atoms with E-state index in [-0.39, 0.29) is 12.5 Å². The Morgan fingerprint density at radius 2 is 1.89 bits per heavy atom. The highest BCUT2D eigenvalue weighted by atomic mass is 16.5. The van der Waals surface area contributed by atoms with Crippen molar-refractivity contribution in [3.8, 4) is 0 Å². The molecular formula is C21H25N3O4. The second-order valence-electron chi connectivity index (χ2n) is 6.47. The molecule has 1 fully saturated rings. The molecule has 1 saturated heterocycles. The molecule has 0 saturated carbocycles.